The molecule has 6 aromatic carbocycles. The van der Waals surface area contributed by atoms with Gasteiger partial charge in [-0.15, -0.1) is 0 Å². The SMILES string of the molecule is Cn1c2ccccc2c2cc3c4ccccc4n(P4(=O)N(c5ccccc5)c5ccccc5N4c4ccccc4)c3cc21. The van der Waals surface area contributed by atoms with Crippen LogP contribution in [0.4, 0.5) is 22.7 Å². The van der Waals surface area contributed by atoms with Gasteiger partial charge in [0.15, 0.2) is 0 Å². The summed E-state index contributed by atoms with van der Waals surface area (Å²) in [7, 11) is -1.55. The molecule has 0 amide bonds. The highest BCUT2D eigenvalue weighted by molar-refractivity contribution is 7.67. The maximum Gasteiger partial charge on any atom is 0.374 e. The molecular weight excluding hydrogens is 547 g/mol. The fourth-order valence-corrected chi connectivity index (χ4v) is 10.2. The van der Waals surface area contributed by atoms with Gasteiger partial charge in [0.05, 0.1) is 39.3 Å². The van der Waals surface area contributed by atoms with Crippen LogP contribution in [0.15, 0.2) is 146 Å². The van der Waals surface area contributed by atoms with E-state index in [4.69, 9.17) is 0 Å². The third kappa shape index (κ3) is 3.20. The fraction of sp³-hybridized carbons (Fsp3) is 0.0270. The normalized spacial score (nSPS) is 14.3. The van der Waals surface area contributed by atoms with Gasteiger partial charge < -0.3 is 4.57 Å². The molecule has 0 fully saturated rings. The fourth-order valence-electron chi connectivity index (χ4n) is 6.97. The number of nitrogens with zero attached hydrogens (tertiary/aromatic N) is 4. The van der Waals surface area contributed by atoms with Crippen molar-refractivity contribution in [2.45, 2.75) is 0 Å². The Kier molecular flexibility index (Phi) is 5.03. The third-order valence-corrected chi connectivity index (χ3v) is 11.7. The van der Waals surface area contributed by atoms with E-state index in [-0.39, 0.29) is 0 Å². The zero-order valence-corrected chi connectivity index (χ0v) is 24.4. The molecule has 8 aromatic rings. The number of anilines is 4. The number of para-hydroxylation sites is 6. The van der Waals surface area contributed by atoms with Gasteiger partial charge in [-0.2, -0.15) is 0 Å². The Hall–Kier alpha value is -5.25. The molecule has 0 spiro atoms. The lowest BCUT2D eigenvalue weighted by atomic mass is 10.1. The van der Waals surface area contributed by atoms with E-state index in [2.05, 4.69) is 92.0 Å². The van der Waals surface area contributed by atoms with E-state index in [9.17, 15) is 0 Å². The Balaban J connectivity index is 1.47. The van der Waals surface area contributed by atoms with Crippen LogP contribution >= 0.6 is 7.59 Å². The first-order chi connectivity index (χ1) is 21.2. The van der Waals surface area contributed by atoms with Gasteiger partial charge in [0, 0.05) is 34.1 Å². The Morgan fingerprint density at radius 1 is 0.442 bits per heavy atom. The molecule has 2 aromatic heterocycles. The second kappa shape index (κ2) is 8.87. The average Bonchev–Trinajstić information content (AvgIpc) is 3.64. The van der Waals surface area contributed by atoms with E-state index in [1.807, 2.05) is 78.9 Å². The van der Waals surface area contributed by atoms with Gasteiger partial charge in [-0.25, -0.2) is 4.57 Å². The molecule has 0 saturated heterocycles. The Bertz CT molecular complexity index is 2340. The summed E-state index contributed by atoms with van der Waals surface area (Å²) < 4.78 is 25.1. The van der Waals surface area contributed by atoms with Crippen LogP contribution in [-0.2, 0) is 11.6 Å². The minimum atomic E-state index is -3.67. The average molecular weight is 575 g/mol. The van der Waals surface area contributed by atoms with E-state index in [1.165, 1.54) is 16.3 Å². The summed E-state index contributed by atoms with van der Waals surface area (Å²) in [6, 6.07) is 49.9. The van der Waals surface area contributed by atoms with Crippen molar-refractivity contribution in [1.82, 2.24) is 8.90 Å². The van der Waals surface area contributed by atoms with Gasteiger partial charge in [-0.3, -0.25) is 13.7 Å². The van der Waals surface area contributed by atoms with Crippen molar-refractivity contribution in [2.24, 2.45) is 7.05 Å². The number of benzene rings is 6. The van der Waals surface area contributed by atoms with E-state index in [0.717, 1.165) is 50.1 Å². The monoisotopic (exact) mass is 574 g/mol. The summed E-state index contributed by atoms with van der Waals surface area (Å²) in [5.41, 5.74) is 7.76. The summed E-state index contributed by atoms with van der Waals surface area (Å²) in [6.07, 6.45) is 0. The van der Waals surface area contributed by atoms with Crippen LogP contribution in [0, 0.1) is 0 Å². The van der Waals surface area contributed by atoms with Crippen LogP contribution in [0.2, 0.25) is 0 Å². The summed E-state index contributed by atoms with van der Waals surface area (Å²) in [6.45, 7) is 0. The second-order valence-corrected chi connectivity index (χ2v) is 13.3. The quantitative estimate of drug-likeness (QED) is 0.197. The molecule has 43 heavy (non-hydrogen) atoms. The highest BCUT2D eigenvalue weighted by atomic mass is 31.2. The molecule has 6 heteroatoms. The lowest BCUT2D eigenvalue weighted by Gasteiger charge is -2.34. The van der Waals surface area contributed by atoms with Crippen LogP contribution in [-0.4, -0.2) is 8.90 Å². The van der Waals surface area contributed by atoms with Crippen molar-refractivity contribution < 1.29 is 4.57 Å². The zero-order chi connectivity index (χ0) is 28.7. The highest BCUT2D eigenvalue weighted by Gasteiger charge is 2.50. The first-order valence-corrected chi connectivity index (χ1v) is 16.0. The maximum absolute atomic E-state index is 16.6. The van der Waals surface area contributed by atoms with Crippen molar-refractivity contribution in [3.05, 3.63) is 146 Å². The predicted molar refractivity (Wildman–Crippen MR) is 180 cm³/mol. The second-order valence-electron chi connectivity index (χ2n) is 11.1. The summed E-state index contributed by atoms with van der Waals surface area (Å²) in [4.78, 5) is 0. The topological polar surface area (TPSA) is 33.4 Å². The highest BCUT2D eigenvalue weighted by Crippen LogP contribution is 2.72. The van der Waals surface area contributed by atoms with Crippen LogP contribution in [0.1, 0.15) is 0 Å². The van der Waals surface area contributed by atoms with Crippen molar-refractivity contribution in [1.29, 1.82) is 0 Å². The molecule has 206 valence electrons. The number of fused-ring (bicyclic) bond motifs is 7. The summed E-state index contributed by atoms with van der Waals surface area (Å²) in [5, 5.41) is 4.59. The summed E-state index contributed by atoms with van der Waals surface area (Å²) in [5.74, 6) is 0. The van der Waals surface area contributed by atoms with E-state index in [1.54, 1.807) is 0 Å². The van der Waals surface area contributed by atoms with E-state index < -0.39 is 7.59 Å². The van der Waals surface area contributed by atoms with Gasteiger partial charge >= 0.3 is 7.59 Å². The predicted octanol–water partition coefficient (Wildman–Crippen LogP) is 10.4. The van der Waals surface area contributed by atoms with Gasteiger partial charge in [-0.05, 0) is 60.7 Å². The molecule has 3 heterocycles. The molecule has 0 bridgehead atoms. The zero-order valence-electron chi connectivity index (χ0n) is 23.5. The van der Waals surface area contributed by atoms with E-state index in [0.29, 0.717) is 0 Å². The van der Waals surface area contributed by atoms with Crippen LogP contribution in [0.3, 0.4) is 0 Å². The van der Waals surface area contributed by atoms with Crippen molar-refractivity contribution in [2.75, 3.05) is 9.34 Å². The third-order valence-electron chi connectivity index (χ3n) is 8.80. The Labute approximate surface area is 249 Å². The van der Waals surface area contributed by atoms with Gasteiger partial charge in [0.25, 0.3) is 0 Å². The van der Waals surface area contributed by atoms with Crippen LogP contribution < -0.4 is 9.34 Å². The standard InChI is InChI=1S/C37H27N4OP/c1-38-32-20-10-8-18-28(32)30-24-31-29-19-9-11-21-33(29)41(37(31)25-36(30)38)43(42)39(26-14-4-2-5-15-26)34-22-12-13-23-35(34)40(43)27-16-6-3-7-17-27/h2-25H,1H3. The maximum atomic E-state index is 16.6. The Morgan fingerprint density at radius 3 is 1.51 bits per heavy atom. The molecule has 1 aliphatic heterocycles. The molecule has 5 nitrogen and oxygen atoms in total. The summed E-state index contributed by atoms with van der Waals surface area (Å²) >= 11 is 0. The first kappa shape index (κ1) is 24.4. The smallest absolute Gasteiger partial charge is 0.344 e. The molecule has 0 atom stereocenters. The molecule has 0 radical (unpaired) electrons. The van der Waals surface area contributed by atoms with Crippen molar-refractivity contribution >= 4 is 74.0 Å². The molecule has 0 saturated carbocycles. The molecule has 0 N–H and O–H groups in total. The lowest BCUT2D eigenvalue weighted by Crippen LogP contribution is -2.23. The van der Waals surface area contributed by atoms with Crippen molar-refractivity contribution in [3.63, 3.8) is 0 Å². The van der Waals surface area contributed by atoms with Crippen LogP contribution in [0.5, 0.6) is 0 Å². The molecule has 0 unspecified atom stereocenters. The molecule has 0 aliphatic carbocycles. The van der Waals surface area contributed by atoms with Gasteiger partial charge in [0.2, 0.25) is 0 Å². The van der Waals surface area contributed by atoms with Crippen molar-refractivity contribution in [3.8, 4) is 0 Å². The number of hydrogen-bond donors (Lipinski definition) is 0. The number of aryl methyl sites for hydroxylation is 1. The Morgan fingerprint density at radius 2 is 0.907 bits per heavy atom. The first-order valence-electron chi connectivity index (χ1n) is 14.5. The largest absolute Gasteiger partial charge is 0.374 e. The minimum Gasteiger partial charge on any atom is -0.344 e. The number of rotatable bonds is 3. The van der Waals surface area contributed by atoms with Crippen LogP contribution in [0.25, 0.3) is 43.6 Å². The molecule has 9 rings (SSSR count). The number of hydrogen-bond acceptors (Lipinski definition) is 1. The molecule has 1 aliphatic rings. The minimum absolute atomic E-state index is 0.883. The van der Waals surface area contributed by atoms with Gasteiger partial charge in [-0.1, -0.05) is 84.9 Å². The van der Waals surface area contributed by atoms with Gasteiger partial charge in [0.1, 0.15) is 0 Å². The molecular formula is C37H27N4OP. The van der Waals surface area contributed by atoms with E-state index >= 15 is 4.57 Å². The number of aromatic nitrogens is 2. The lowest BCUT2D eigenvalue weighted by molar-refractivity contribution is 0.572.